The van der Waals surface area contributed by atoms with Gasteiger partial charge in [-0.15, -0.1) is 0 Å². The van der Waals surface area contributed by atoms with Gasteiger partial charge in [0.05, 0.1) is 10.6 Å². The Balaban J connectivity index is 1.46. The number of fused-ring (bicyclic) bond motifs is 2. The normalized spacial score (nSPS) is 13.2. The summed E-state index contributed by atoms with van der Waals surface area (Å²) in [4.78, 5) is 14.9. The Morgan fingerprint density at radius 1 is 0.844 bits per heavy atom. The Morgan fingerprint density at radius 2 is 1.59 bits per heavy atom. The highest BCUT2D eigenvalue weighted by molar-refractivity contribution is 7.92. The molecule has 32 heavy (non-hydrogen) atoms. The fourth-order valence-corrected chi connectivity index (χ4v) is 5.72. The molecule has 0 radical (unpaired) electrons. The SMILES string of the molecule is CN(C(=O)c1cccc(S(=O)(=O)N2CCc3ccccc32)c1)c1ccc2ccccc2c1. The van der Waals surface area contributed by atoms with E-state index in [0.717, 1.165) is 22.0 Å². The smallest absolute Gasteiger partial charge is 0.264 e. The zero-order valence-corrected chi connectivity index (χ0v) is 18.4. The highest BCUT2D eigenvalue weighted by Crippen LogP contribution is 2.33. The van der Waals surface area contributed by atoms with Crippen LogP contribution in [0.2, 0.25) is 0 Å². The topological polar surface area (TPSA) is 57.7 Å². The summed E-state index contributed by atoms with van der Waals surface area (Å²) in [5.74, 6) is -0.265. The van der Waals surface area contributed by atoms with Gasteiger partial charge in [0.2, 0.25) is 0 Å². The maximum Gasteiger partial charge on any atom is 0.264 e. The van der Waals surface area contributed by atoms with Crippen LogP contribution in [0, 0.1) is 0 Å². The average molecular weight is 443 g/mol. The number of anilines is 2. The first-order chi connectivity index (χ1) is 15.4. The lowest BCUT2D eigenvalue weighted by Gasteiger charge is -2.21. The quantitative estimate of drug-likeness (QED) is 0.453. The van der Waals surface area contributed by atoms with E-state index in [9.17, 15) is 13.2 Å². The molecule has 6 heteroatoms. The predicted molar refractivity (Wildman–Crippen MR) is 128 cm³/mol. The van der Waals surface area contributed by atoms with Gasteiger partial charge in [-0.05, 0) is 59.2 Å². The molecule has 0 spiro atoms. The number of rotatable bonds is 4. The maximum absolute atomic E-state index is 13.4. The van der Waals surface area contributed by atoms with Crippen molar-refractivity contribution < 1.29 is 13.2 Å². The number of hydrogen-bond donors (Lipinski definition) is 0. The van der Waals surface area contributed by atoms with Crippen LogP contribution in [0.15, 0.2) is 95.9 Å². The van der Waals surface area contributed by atoms with E-state index in [0.29, 0.717) is 24.2 Å². The van der Waals surface area contributed by atoms with Crippen LogP contribution in [0.25, 0.3) is 10.8 Å². The molecule has 0 bridgehead atoms. The third kappa shape index (κ3) is 3.42. The summed E-state index contributed by atoms with van der Waals surface area (Å²) in [5.41, 5.74) is 2.79. The molecule has 0 aromatic heterocycles. The van der Waals surface area contributed by atoms with E-state index in [1.54, 1.807) is 30.1 Å². The van der Waals surface area contributed by atoms with Gasteiger partial charge in [0, 0.05) is 24.8 Å². The number of sulfonamides is 1. The fraction of sp³-hybridized carbons (Fsp3) is 0.115. The third-order valence-electron chi connectivity index (χ3n) is 5.94. The van der Waals surface area contributed by atoms with Crippen molar-refractivity contribution in [1.29, 1.82) is 0 Å². The minimum absolute atomic E-state index is 0.118. The molecule has 4 aromatic carbocycles. The van der Waals surface area contributed by atoms with E-state index in [-0.39, 0.29) is 10.8 Å². The van der Waals surface area contributed by atoms with Crippen LogP contribution in [0.1, 0.15) is 15.9 Å². The Kier molecular flexibility index (Phi) is 4.94. The van der Waals surface area contributed by atoms with Crippen molar-refractivity contribution in [3.8, 4) is 0 Å². The minimum atomic E-state index is -3.76. The van der Waals surface area contributed by atoms with Crippen molar-refractivity contribution in [1.82, 2.24) is 0 Å². The van der Waals surface area contributed by atoms with Crippen molar-refractivity contribution in [2.75, 3.05) is 22.8 Å². The van der Waals surface area contributed by atoms with Crippen molar-refractivity contribution >= 4 is 38.1 Å². The second-order valence-corrected chi connectivity index (χ2v) is 9.74. The summed E-state index contributed by atoms with van der Waals surface area (Å²) >= 11 is 0. The lowest BCUT2D eigenvalue weighted by atomic mass is 10.1. The standard InChI is InChI=1S/C26H22N2O3S/c1-27(23-14-13-19-7-2-3-9-21(19)17-23)26(29)22-10-6-11-24(18-22)32(30,31)28-16-15-20-8-4-5-12-25(20)28/h2-14,17-18H,15-16H2,1H3. The Morgan fingerprint density at radius 3 is 2.44 bits per heavy atom. The first-order valence-electron chi connectivity index (χ1n) is 10.4. The van der Waals surface area contributed by atoms with Crippen LogP contribution in [0.3, 0.4) is 0 Å². The van der Waals surface area contributed by atoms with E-state index in [1.807, 2.05) is 66.7 Å². The summed E-state index contributed by atoms with van der Waals surface area (Å²) in [6, 6.07) is 27.6. The largest absolute Gasteiger partial charge is 0.311 e. The van der Waals surface area contributed by atoms with Gasteiger partial charge in [0.1, 0.15) is 0 Å². The first-order valence-corrected chi connectivity index (χ1v) is 11.9. The molecule has 1 aliphatic rings. The minimum Gasteiger partial charge on any atom is -0.311 e. The van der Waals surface area contributed by atoms with Gasteiger partial charge in [-0.2, -0.15) is 0 Å². The number of nitrogens with zero attached hydrogens (tertiary/aromatic N) is 2. The zero-order chi connectivity index (χ0) is 22.3. The van der Waals surface area contributed by atoms with Crippen LogP contribution in [-0.2, 0) is 16.4 Å². The molecule has 1 heterocycles. The summed E-state index contributed by atoms with van der Waals surface area (Å²) in [6.07, 6.45) is 0.679. The van der Waals surface area contributed by atoms with Crippen molar-refractivity contribution in [3.05, 3.63) is 102 Å². The van der Waals surface area contributed by atoms with E-state index >= 15 is 0 Å². The molecule has 0 aliphatic carbocycles. The lowest BCUT2D eigenvalue weighted by Crippen LogP contribution is -2.30. The highest BCUT2D eigenvalue weighted by atomic mass is 32.2. The van der Waals surface area contributed by atoms with E-state index in [2.05, 4.69) is 0 Å². The Labute approximate surface area is 187 Å². The van der Waals surface area contributed by atoms with Gasteiger partial charge in [0.15, 0.2) is 0 Å². The maximum atomic E-state index is 13.4. The number of hydrogen-bond acceptors (Lipinski definition) is 3. The van der Waals surface area contributed by atoms with Crippen LogP contribution in [0.5, 0.6) is 0 Å². The molecular weight excluding hydrogens is 420 g/mol. The Hall–Kier alpha value is -3.64. The highest BCUT2D eigenvalue weighted by Gasteiger charge is 2.31. The molecule has 0 unspecified atom stereocenters. The molecule has 0 N–H and O–H groups in total. The average Bonchev–Trinajstić information content (AvgIpc) is 3.28. The number of carbonyl (C=O) groups is 1. The molecule has 0 saturated heterocycles. The van der Waals surface area contributed by atoms with Crippen molar-refractivity contribution in [2.45, 2.75) is 11.3 Å². The molecule has 160 valence electrons. The predicted octanol–water partition coefficient (Wildman–Crippen LogP) is 4.87. The fourth-order valence-electron chi connectivity index (χ4n) is 4.17. The molecule has 0 atom stereocenters. The van der Waals surface area contributed by atoms with Crippen LogP contribution >= 0.6 is 0 Å². The summed E-state index contributed by atoms with van der Waals surface area (Å²) in [5, 5.41) is 2.13. The van der Waals surface area contributed by atoms with E-state index in [1.165, 1.54) is 10.4 Å². The van der Waals surface area contributed by atoms with E-state index < -0.39 is 10.0 Å². The molecule has 4 aromatic rings. The number of amides is 1. The van der Waals surface area contributed by atoms with E-state index in [4.69, 9.17) is 0 Å². The van der Waals surface area contributed by atoms with Crippen molar-refractivity contribution in [3.63, 3.8) is 0 Å². The van der Waals surface area contributed by atoms with Gasteiger partial charge in [0.25, 0.3) is 15.9 Å². The van der Waals surface area contributed by atoms with Crippen LogP contribution in [-0.4, -0.2) is 27.9 Å². The van der Waals surface area contributed by atoms with Crippen LogP contribution < -0.4 is 9.21 Å². The zero-order valence-electron chi connectivity index (χ0n) is 17.6. The van der Waals surface area contributed by atoms with Gasteiger partial charge < -0.3 is 4.90 Å². The molecule has 1 aliphatic heterocycles. The van der Waals surface area contributed by atoms with Gasteiger partial charge in [-0.3, -0.25) is 9.10 Å². The van der Waals surface area contributed by atoms with Crippen molar-refractivity contribution in [2.24, 2.45) is 0 Å². The Bertz CT molecular complexity index is 1450. The van der Waals surface area contributed by atoms with Gasteiger partial charge >= 0.3 is 0 Å². The van der Waals surface area contributed by atoms with Gasteiger partial charge in [-0.1, -0.05) is 54.6 Å². The lowest BCUT2D eigenvalue weighted by molar-refractivity contribution is 0.0993. The van der Waals surface area contributed by atoms with Crippen LogP contribution in [0.4, 0.5) is 11.4 Å². The van der Waals surface area contributed by atoms with Gasteiger partial charge in [-0.25, -0.2) is 8.42 Å². The second kappa shape index (κ2) is 7.80. The molecule has 5 nitrogen and oxygen atoms in total. The summed E-state index contributed by atoms with van der Waals surface area (Å²) in [6.45, 7) is 0.400. The number of benzene rings is 4. The molecule has 0 saturated carbocycles. The second-order valence-electron chi connectivity index (χ2n) is 7.88. The third-order valence-corrected chi connectivity index (χ3v) is 7.75. The molecule has 5 rings (SSSR count). The summed E-state index contributed by atoms with van der Waals surface area (Å²) < 4.78 is 28.1. The summed E-state index contributed by atoms with van der Waals surface area (Å²) in [7, 11) is -2.07. The molecule has 1 amide bonds. The number of carbonyl (C=O) groups excluding carboxylic acids is 1. The molecular formula is C26H22N2O3S. The molecule has 0 fully saturated rings. The number of para-hydroxylation sites is 1. The first kappa shape index (κ1) is 20.3. The monoisotopic (exact) mass is 442 g/mol.